The van der Waals surface area contributed by atoms with Crippen molar-refractivity contribution in [3.05, 3.63) is 52.9 Å². The van der Waals surface area contributed by atoms with Gasteiger partial charge in [-0.05, 0) is 37.6 Å². The summed E-state index contributed by atoms with van der Waals surface area (Å²) >= 11 is 0. The zero-order valence-corrected chi connectivity index (χ0v) is 12.7. The van der Waals surface area contributed by atoms with Gasteiger partial charge in [-0.2, -0.15) is 5.10 Å². The smallest absolute Gasteiger partial charge is 0.162 e. The first kappa shape index (κ1) is 15.6. The van der Waals surface area contributed by atoms with E-state index in [0.717, 1.165) is 30.3 Å². The molecule has 0 saturated heterocycles. The molecule has 0 aliphatic rings. The predicted octanol–water partition coefficient (Wildman–Crippen LogP) is 2.63. The van der Waals surface area contributed by atoms with E-state index in [1.165, 1.54) is 0 Å². The number of aryl methyl sites for hydroxylation is 2. The maximum absolute atomic E-state index is 13.8. The maximum Gasteiger partial charge on any atom is 0.162 e. The molecule has 3 nitrogen and oxygen atoms in total. The van der Waals surface area contributed by atoms with Crippen molar-refractivity contribution >= 4 is 0 Å². The zero-order valence-electron chi connectivity index (χ0n) is 12.7. The van der Waals surface area contributed by atoms with E-state index in [2.05, 4.69) is 23.4 Å². The number of hydrogen-bond donors (Lipinski definition) is 1. The van der Waals surface area contributed by atoms with Gasteiger partial charge in [-0.15, -0.1) is 0 Å². The van der Waals surface area contributed by atoms with Crippen molar-refractivity contribution < 1.29 is 8.78 Å². The van der Waals surface area contributed by atoms with Crippen LogP contribution in [0.1, 0.15) is 23.9 Å². The van der Waals surface area contributed by atoms with Gasteiger partial charge in [0.1, 0.15) is 0 Å². The number of halogens is 2. The first-order chi connectivity index (χ1) is 10.0. The Morgan fingerprint density at radius 3 is 2.67 bits per heavy atom. The average molecular weight is 293 g/mol. The van der Waals surface area contributed by atoms with Gasteiger partial charge in [0.2, 0.25) is 0 Å². The summed E-state index contributed by atoms with van der Waals surface area (Å²) in [5.41, 5.74) is 2.52. The molecule has 0 bridgehead atoms. The molecule has 114 valence electrons. The van der Waals surface area contributed by atoms with Crippen LogP contribution in [-0.4, -0.2) is 22.9 Å². The Balaban J connectivity index is 2.13. The molecular formula is C16H21F2N3. The van der Waals surface area contributed by atoms with E-state index in [1.54, 1.807) is 12.1 Å². The molecule has 1 unspecified atom stereocenters. The van der Waals surface area contributed by atoms with Crippen LogP contribution >= 0.6 is 0 Å². The Morgan fingerprint density at radius 2 is 2.05 bits per heavy atom. The first-order valence-corrected chi connectivity index (χ1v) is 7.17. The molecule has 1 atom stereocenters. The van der Waals surface area contributed by atoms with E-state index >= 15 is 0 Å². The number of nitrogens with zero attached hydrogens (tertiary/aromatic N) is 2. The Labute approximate surface area is 124 Å². The molecule has 0 aliphatic heterocycles. The van der Waals surface area contributed by atoms with Gasteiger partial charge in [-0.3, -0.25) is 4.68 Å². The summed E-state index contributed by atoms with van der Waals surface area (Å²) in [5.74, 6) is -1.55. The van der Waals surface area contributed by atoms with Crippen LogP contribution in [0.5, 0.6) is 0 Å². The molecule has 0 fully saturated rings. The van der Waals surface area contributed by atoms with E-state index in [1.807, 2.05) is 18.8 Å². The summed E-state index contributed by atoms with van der Waals surface area (Å²) in [6.07, 6.45) is 2.04. The largest absolute Gasteiger partial charge is 0.316 e. The van der Waals surface area contributed by atoms with Gasteiger partial charge in [0.15, 0.2) is 11.6 Å². The van der Waals surface area contributed by atoms with Crippen molar-refractivity contribution in [3.63, 3.8) is 0 Å². The molecule has 1 heterocycles. The van der Waals surface area contributed by atoms with E-state index in [4.69, 9.17) is 0 Å². The second kappa shape index (κ2) is 6.80. The van der Waals surface area contributed by atoms with Crippen LogP contribution in [0.2, 0.25) is 0 Å². The van der Waals surface area contributed by atoms with Crippen LogP contribution in [0.4, 0.5) is 8.78 Å². The lowest BCUT2D eigenvalue weighted by Gasteiger charge is -2.16. The third-order valence-corrected chi connectivity index (χ3v) is 3.75. The quantitative estimate of drug-likeness (QED) is 0.887. The Morgan fingerprint density at radius 1 is 1.29 bits per heavy atom. The van der Waals surface area contributed by atoms with Crippen LogP contribution in [0, 0.1) is 11.6 Å². The van der Waals surface area contributed by atoms with Crippen LogP contribution in [0.15, 0.2) is 24.3 Å². The number of hydrogen-bond acceptors (Lipinski definition) is 2. The highest BCUT2D eigenvalue weighted by atomic mass is 19.2. The van der Waals surface area contributed by atoms with Crippen LogP contribution in [0.25, 0.3) is 0 Å². The molecule has 5 heteroatoms. The minimum atomic E-state index is -0.795. The Bertz CT molecular complexity index is 608. The van der Waals surface area contributed by atoms with Crippen molar-refractivity contribution in [1.29, 1.82) is 0 Å². The van der Waals surface area contributed by atoms with Gasteiger partial charge in [0.05, 0.1) is 5.69 Å². The number of nitrogens with one attached hydrogen (secondary N) is 1. The van der Waals surface area contributed by atoms with Gasteiger partial charge in [0.25, 0.3) is 0 Å². The van der Waals surface area contributed by atoms with Gasteiger partial charge < -0.3 is 5.32 Å². The molecule has 0 saturated carbocycles. The zero-order chi connectivity index (χ0) is 15.4. The highest BCUT2D eigenvalue weighted by Gasteiger charge is 2.16. The molecule has 1 aromatic heterocycles. The maximum atomic E-state index is 13.8. The fourth-order valence-electron chi connectivity index (χ4n) is 2.44. The SMILES string of the molecule is CCc1cc(CC(Cc2cccc(F)c2F)NC)n(C)n1. The van der Waals surface area contributed by atoms with Crippen molar-refractivity contribution in [2.75, 3.05) is 7.05 Å². The van der Waals surface area contributed by atoms with Crippen LogP contribution < -0.4 is 5.32 Å². The van der Waals surface area contributed by atoms with Gasteiger partial charge in [-0.1, -0.05) is 19.1 Å². The fourth-order valence-corrected chi connectivity index (χ4v) is 2.44. The normalized spacial score (nSPS) is 12.6. The summed E-state index contributed by atoms with van der Waals surface area (Å²) in [6.45, 7) is 2.06. The monoisotopic (exact) mass is 293 g/mol. The number of aromatic nitrogens is 2. The van der Waals surface area contributed by atoms with E-state index in [9.17, 15) is 8.78 Å². The highest BCUT2D eigenvalue weighted by Crippen LogP contribution is 2.15. The molecule has 1 N–H and O–H groups in total. The van der Waals surface area contributed by atoms with Crippen LogP contribution in [0.3, 0.4) is 0 Å². The van der Waals surface area contributed by atoms with Crippen LogP contribution in [-0.2, 0) is 26.3 Å². The fraction of sp³-hybridized carbons (Fsp3) is 0.438. The topological polar surface area (TPSA) is 29.9 Å². The Kier molecular flexibility index (Phi) is 5.07. The van der Waals surface area contributed by atoms with E-state index in [0.29, 0.717) is 12.0 Å². The molecule has 2 aromatic rings. The van der Waals surface area contributed by atoms with E-state index < -0.39 is 11.6 Å². The van der Waals surface area contributed by atoms with Gasteiger partial charge in [-0.25, -0.2) is 8.78 Å². The molecule has 0 spiro atoms. The molecule has 0 aliphatic carbocycles. The summed E-state index contributed by atoms with van der Waals surface area (Å²) in [7, 11) is 3.74. The summed E-state index contributed by atoms with van der Waals surface area (Å²) in [4.78, 5) is 0. The number of benzene rings is 1. The standard InChI is InChI=1S/C16H21F2N3/c1-4-12-9-14(21(3)20-12)10-13(19-2)8-11-6-5-7-15(17)16(11)18/h5-7,9,13,19H,4,8,10H2,1-3H3. The van der Waals surface area contributed by atoms with Crippen molar-refractivity contribution in [1.82, 2.24) is 15.1 Å². The summed E-state index contributed by atoms with van der Waals surface area (Å²) < 4.78 is 28.9. The third-order valence-electron chi connectivity index (χ3n) is 3.75. The predicted molar refractivity (Wildman–Crippen MR) is 79.2 cm³/mol. The minimum absolute atomic E-state index is 0.0291. The minimum Gasteiger partial charge on any atom is -0.316 e. The number of rotatable bonds is 6. The highest BCUT2D eigenvalue weighted by molar-refractivity contribution is 5.21. The number of likely N-dealkylation sites (N-methyl/N-ethyl adjacent to an activating group) is 1. The summed E-state index contributed by atoms with van der Waals surface area (Å²) in [5, 5.41) is 7.58. The van der Waals surface area contributed by atoms with Crippen molar-refractivity contribution in [2.45, 2.75) is 32.2 Å². The molecule has 1 aromatic carbocycles. The van der Waals surface area contributed by atoms with Gasteiger partial charge >= 0.3 is 0 Å². The third kappa shape index (κ3) is 3.67. The first-order valence-electron chi connectivity index (χ1n) is 7.17. The molecule has 0 amide bonds. The van der Waals surface area contributed by atoms with Crippen molar-refractivity contribution in [3.8, 4) is 0 Å². The molecular weight excluding hydrogens is 272 g/mol. The lowest BCUT2D eigenvalue weighted by atomic mass is 10.0. The second-order valence-electron chi connectivity index (χ2n) is 5.21. The second-order valence-corrected chi connectivity index (χ2v) is 5.21. The average Bonchev–Trinajstić information content (AvgIpc) is 2.83. The molecule has 2 rings (SSSR count). The van der Waals surface area contributed by atoms with Crippen molar-refractivity contribution in [2.24, 2.45) is 7.05 Å². The Hall–Kier alpha value is -1.75. The lowest BCUT2D eigenvalue weighted by molar-refractivity contribution is 0.478. The summed E-state index contributed by atoms with van der Waals surface area (Å²) in [6, 6.07) is 6.40. The molecule has 21 heavy (non-hydrogen) atoms. The van der Waals surface area contributed by atoms with E-state index in [-0.39, 0.29) is 6.04 Å². The lowest BCUT2D eigenvalue weighted by Crippen LogP contribution is -2.31. The van der Waals surface area contributed by atoms with Gasteiger partial charge in [0, 0.05) is 25.2 Å². The molecule has 0 radical (unpaired) electrons.